The van der Waals surface area contributed by atoms with E-state index >= 15 is 0 Å². The molecule has 1 heterocycles. The summed E-state index contributed by atoms with van der Waals surface area (Å²) in [5.41, 5.74) is 0.438. The van der Waals surface area contributed by atoms with E-state index in [0.717, 1.165) is 11.3 Å². The number of rotatable bonds is 16. The molecule has 1 saturated heterocycles. The van der Waals surface area contributed by atoms with Crippen molar-refractivity contribution in [1.82, 2.24) is 0 Å². The molecule has 0 radical (unpaired) electrons. The largest absolute Gasteiger partial charge is 0.497 e. The van der Waals surface area contributed by atoms with Crippen LogP contribution in [0.15, 0.2) is 24.3 Å². The van der Waals surface area contributed by atoms with Gasteiger partial charge in [-0.25, -0.2) is 0 Å². The number of hydrogen-bond acceptors (Lipinski definition) is 9. The number of aliphatic hydroxyl groups excluding tert-OH is 2. The highest BCUT2D eigenvalue weighted by Crippen LogP contribution is 2.40. The summed E-state index contributed by atoms with van der Waals surface area (Å²) in [6, 6.07) is 7.75. The number of hydrogen-bond donors (Lipinski definition) is 2. The van der Waals surface area contributed by atoms with Crippen LogP contribution in [-0.4, -0.2) is 89.1 Å². The molecule has 1 aliphatic heterocycles. The lowest BCUT2D eigenvalue weighted by molar-refractivity contribution is -0.154. The lowest BCUT2D eigenvalue weighted by Gasteiger charge is -2.40. The van der Waals surface area contributed by atoms with Gasteiger partial charge in [0.05, 0.1) is 69.5 Å². The normalized spacial score (nSPS) is 23.0. The predicted octanol–water partition coefficient (Wildman–Crippen LogP) is 5.11. The first-order chi connectivity index (χ1) is 19.5. The molecule has 9 nitrogen and oxygen atoms in total. The molecule has 2 unspecified atom stereocenters. The van der Waals surface area contributed by atoms with Crippen LogP contribution in [0.2, 0.25) is 18.1 Å². The first-order valence-electron chi connectivity index (χ1n) is 15.0. The topological polar surface area (TPSA) is 113 Å². The van der Waals surface area contributed by atoms with Crippen LogP contribution in [0.1, 0.15) is 66.4 Å². The van der Waals surface area contributed by atoms with Crippen molar-refractivity contribution in [2.75, 3.05) is 34.0 Å². The fourth-order valence-electron chi connectivity index (χ4n) is 4.83. The Bertz CT molecular complexity index is 939. The van der Waals surface area contributed by atoms with Gasteiger partial charge in [0.2, 0.25) is 0 Å². The third-order valence-electron chi connectivity index (χ3n) is 8.38. The molecule has 242 valence electrons. The molecule has 0 saturated carbocycles. The van der Waals surface area contributed by atoms with Crippen molar-refractivity contribution >= 4 is 14.3 Å². The summed E-state index contributed by atoms with van der Waals surface area (Å²) in [5.74, 6) is 0.423. The number of benzene rings is 1. The minimum Gasteiger partial charge on any atom is -0.497 e. The fourth-order valence-corrected chi connectivity index (χ4v) is 6.21. The van der Waals surface area contributed by atoms with Crippen molar-refractivity contribution in [1.29, 1.82) is 0 Å². The predicted molar refractivity (Wildman–Crippen MR) is 165 cm³/mol. The highest BCUT2D eigenvalue weighted by molar-refractivity contribution is 6.74. The minimum absolute atomic E-state index is 0.0239. The molecule has 1 fully saturated rings. The van der Waals surface area contributed by atoms with E-state index < -0.39 is 19.8 Å². The Morgan fingerprint density at radius 2 is 1.69 bits per heavy atom. The van der Waals surface area contributed by atoms with E-state index in [9.17, 15) is 15.0 Å². The summed E-state index contributed by atoms with van der Waals surface area (Å²) in [6.45, 7) is 17.1. The maximum absolute atomic E-state index is 12.4. The average molecular weight is 613 g/mol. The molecule has 42 heavy (non-hydrogen) atoms. The van der Waals surface area contributed by atoms with E-state index in [1.165, 1.54) is 0 Å². The van der Waals surface area contributed by atoms with Crippen molar-refractivity contribution in [3.05, 3.63) is 29.8 Å². The summed E-state index contributed by atoms with van der Waals surface area (Å²) in [6.07, 6.45) is -0.801. The van der Waals surface area contributed by atoms with Gasteiger partial charge in [0, 0.05) is 32.3 Å². The van der Waals surface area contributed by atoms with E-state index in [1.807, 2.05) is 45.0 Å². The fraction of sp³-hybridized carbons (Fsp3) is 0.781. The molecule has 0 aliphatic carbocycles. The van der Waals surface area contributed by atoms with Crippen molar-refractivity contribution in [2.45, 2.75) is 116 Å². The van der Waals surface area contributed by atoms with Crippen LogP contribution in [0.4, 0.5) is 0 Å². The van der Waals surface area contributed by atoms with Crippen LogP contribution in [-0.2, 0) is 34.8 Å². The maximum atomic E-state index is 12.4. The zero-order chi connectivity index (χ0) is 31.7. The standard InChI is InChI=1S/C32H56O9Si/c1-31(2,3)30(35)39-16-15-27-26(21-38-20-22-11-13-24(36-7)14-12-22)29(37-8)28(40-27)18-25(17-23(34)19-33)41-42(9,10)32(4,5)6/h11-14,23,25-29,33-34H,15-21H2,1-10H3/t23?,25-,26-,27-,28?,29+/m0/s1. The molecule has 1 aromatic rings. The molecule has 6 atom stereocenters. The summed E-state index contributed by atoms with van der Waals surface area (Å²) in [5, 5.41) is 19.9. The quantitative estimate of drug-likeness (QED) is 0.194. The molecule has 2 N–H and O–H groups in total. The molecule has 0 spiro atoms. The molecule has 1 aliphatic rings. The van der Waals surface area contributed by atoms with E-state index in [-0.39, 0.29) is 54.6 Å². The zero-order valence-corrected chi connectivity index (χ0v) is 28.5. The number of carbonyl (C=O) groups is 1. The van der Waals surface area contributed by atoms with Crippen molar-refractivity contribution in [3.8, 4) is 5.75 Å². The Kier molecular flexibility index (Phi) is 13.9. The van der Waals surface area contributed by atoms with E-state index in [2.05, 4.69) is 33.9 Å². The van der Waals surface area contributed by atoms with Gasteiger partial charge in [-0.3, -0.25) is 4.79 Å². The summed E-state index contributed by atoms with van der Waals surface area (Å²) in [4.78, 5) is 12.4. The highest BCUT2D eigenvalue weighted by atomic mass is 28.4. The van der Waals surface area contributed by atoms with Gasteiger partial charge in [0.1, 0.15) is 5.75 Å². The van der Waals surface area contributed by atoms with Crippen molar-refractivity contribution in [3.63, 3.8) is 0 Å². The molecule has 2 rings (SSSR count). The van der Waals surface area contributed by atoms with Gasteiger partial charge in [-0.15, -0.1) is 0 Å². The van der Waals surface area contributed by atoms with E-state index in [4.69, 9.17) is 28.1 Å². The van der Waals surface area contributed by atoms with E-state index in [0.29, 0.717) is 32.5 Å². The Balaban J connectivity index is 2.21. The Morgan fingerprint density at radius 1 is 1.05 bits per heavy atom. The van der Waals surface area contributed by atoms with Gasteiger partial charge < -0.3 is 38.3 Å². The maximum Gasteiger partial charge on any atom is 0.311 e. The monoisotopic (exact) mass is 612 g/mol. The summed E-state index contributed by atoms with van der Waals surface area (Å²) < 4.78 is 36.4. The average Bonchev–Trinajstić information content (AvgIpc) is 3.22. The Labute approximate surface area is 254 Å². The summed E-state index contributed by atoms with van der Waals surface area (Å²) in [7, 11) is 1.13. The minimum atomic E-state index is -2.18. The zero-order valence-electron chi connectivity index (χ0n) is 27.5. The van der Waals surface area contributed by atoms with Gasteiger partial charge in [-0.1, -0.05) is 32.9 Å². The second kappa shape index (κ2) is 16.0. The third kappa shape index (κ3) is 10.9. The second-order valence-corrected chi connectivity index (χ2v) is 18.7. The van der Waals surface area contributed by atoms with Crippen molar-refractivity contribution < 1.29 is 43.1 Å². The molecular formula is C32H56O9Si. The van der Waals surface area contributed by atoms with Crippen LogP contribution in [0, 0.1) is 11.3 Å². The number of ether oxygens (including phenoxy) is 5. The van der Waals surface area contributed by atoms with Gasteiger partial charge >= 0.3 is 5.97 Å². The molecular weight excluding hydrogens is 556 g/mol. The van der Waals surface area contributed by atoms with Gasteiger partial charge in [0.25, 0.3) is 0 Å². The first-order valence-corrected chi connectivity index (χ1v) is 18.0. The smallest absolute Gasteiger partial charge is 0.311 e. The van der Waals surface area contributed by atoms with Crippen LogP contribution in [0.25, 0.3) is 0 Å². The molecule has 0 bridgehead atoms. The molecule has 0 aromatic heterocycles. The number of esters is 1. The van der Waals surface area contributed by atoms with Crippen molar-refractivity contribution in [2.24, 2.45) is 11.3 Å². The van der Waals surface area contributed by atoms with E-state index in [1.54, 1.807) is 14.2 Å². The van der Waals surface area contributed by atoms with Crippen LogP contribution in [0.3, 0.4) is 0 Å². The second-order valence-electron chi connectivity index (χ2n) is 13.9. The Morgan fingerprint density at radius 3 is 2.21 bits per heavy atom. The first kappa shape index (κ1) is 36.7. The molecule has 0 amide bonds. The van der Waals surface area contributed by atoms with Gasteiger partial charge in [0.15, 0.2) is 8.32 Å². The number of aliphatic hydroxyl groups is 2. The summed E-state index contributed by atoms with van der Waals surface area (Å²) >= 11 is 0. The number of carbonyl (C=O) groups excluding carboxylic acids is 1. The van der Waals surface area contributed by atoms with Crippen LogP contribution in [0.5, 0.6) is 5.75 Å². The SMILES string of the molecule is COc1ccc(COC[C@H]2[C@H](CCOC(=O)C(C)(C)C)OC(C[C@H](CC(O)CO)O[Si](C)(C)C(C)(C)C)[C@@H]2OC)cc1. The van der Waals surface area contributed by atoms with Gasteiger partial charge in [-0.2, -0.15) is 0 Å². The third-order valence-corrected chi connectivity index (χ3v) is 12.9. The lowest BCUT2D eigenvalue weighted by Crippen LogP contribution is -2.46. The van der Waals surface area contributed by atoms with Crippen LogP contribution >= 0.6 is 0 Å². The number of methoxy groups -OCH3 is 2. The van der Waals surface area contributed by atoms with Crippen LogP contribution < -0.4 is 4.74 Å². The highest BCUT2D eigenvalue weighted by Gasteiger charge is 2.47. The van der Waals surface area contributed by atoms with Gasteiger partial charge in [-0.05, 0) is 56.6 Å². The molecule has 10 heteroatoms. The molecule has 1 aromatic carbocycles. The Hall–Kier alpha value is -1.53. The lowest BCUT2D eigenvalue weighted by atomic mass is 9.92.